The second-order valence-corrected chi connectivity index (χ2v) is 5.11. The molecule has 1 aliphatic carbocycles. The van der Waals surface area contributed by atoms with Crippen molar-refractivity contribution < 1.29 is 0 Å². The summed E-state index contributed by atoms with van der Waals surface area (Å²) in [5, 5.41) is 7.89. The molecule has 14 heavy (non-hydrogen) atoms. The molecule has 1 heteroatoms. The summed E-state index contributed by atoms with van der Waals surface area (Å²) in [6.07, 6.45) is 2.56. The lowest BCUT2D eigenvalue weighted by Crippen LogP contribution is -2.36. The molecule has 0 aromatic carbocycles. The molecule has 0 spiro atoms. The van der Waals surface area contributed by atoms with E-state index in [4.69, 9.17) is 5.41 Å². The second kappa shape index (κ2) is 4.29. The van der Waals surface area contributed by atoms with E-state index in [2.05, 4.69) is 27.4 Å². The highest BCUT2D eigenvalue weighted by molar-refractivity contribution is 5.82. The Kier molecular flexibility index (Phi) is 3.52. The fraction of sp³-hybridized carbons (Fsp3) is 0.769. The van der Waals surface area contributed by atoms with Crippen LogP contribution in [0.5, 0.6) is 0 Å². The zero-order valence-electron chi connectivity index (χ0n) is 9.93. The molecule has 1 saturated carbocycles. The minimum atomic E-state index is 0.441. The summed E-state index contributed by atoms with van der Waals surface area (Å²) < 4.78 is 0. The monoisotopic (exact) mass is 193 g/mol. The molecule has 0 amide bonds. The molecular weight excluding hydrogens is 170 g/mol. The van der Waals surface area contributed by atoms with Crippen LogP contribution in [0, 0.1) is 29.1 Å². The van der Waals surface area contributed by atoms with Crippen LogP contribution in [-0.4, -0.2) is 5.71 Å². The minimum Gasteiger partial charge on any atom is -0.310 e. The van der Waals surface area contributed by atoms with E-state index in [1.54, 1.807) is 0 Å². The van der Waals surface area contributed by atoms with Crippen molar-refractivity contribution in [3.05, 3.63) is 12.2 Å². The van der Waals surface area contributed by atoms with Gasteiger partial charge < -0.3 is 5.41 Å². The molecule has 0 heterocycles. The van der Waals surface area contributed by atoms with E-state index in [0.717, 1.165) is 5.71 Å². The lowest BCUT2D eigenvalue weighted by Gasteiger charge is -2.41. The molecule has 0 aromatic rings. The normalized spacial score (nSPS) is 38.0. The number of allylic oxidation sites excluding steroid dienone is 1. The van der Waals surface area contributed by atoms with Gasteiger partial charge in [0.05, 0.1) is 0 Å². The summed E-state index contributed by atoms with van der Waals surface area (Å²) in [6, 6.07) is 0. The smallest absolute Gasteiger partial charge is 0.00978 e. The largest absolute Gasteiger partial charge is 0.310 e. The molecule has 80 valence electrons. The second-order valence-electron chi connectivity index (χ2n) is 5.11. The van der Waals surface area contributed by atoms with Gasteiger partial charge in [0.25, 0.3) is 0 Å². The van der Waals surface area contributed by atoms with Gasteiger partial charge in [-0.05, 0) is 44.4 Å². The topological polar surface area (TPSA) is 23.9 Å². The van der Waals surface area contributed by atoms with Crippen molar-refractivity contribution in [1.82, 2.24) is 0 Å². The summed E-state index contributed by atoms with van der Waals surface area (Å²) in [6.45, 7) is 12.8. The van der Waals surface area contributed by atoms with Crippen LogP contribution in [-0.2, 0) is 0 Å². The first-order valence-corrected chi connectivity index (χ1v) is 5.65. The highest BCUT2D eigenvalue weighted by atomic mass is 14.5. The quantitative estimate of drug-likeness (QED) is 0.508. The minimum absolute atomic E-state index is 0.441. The predicted octanol–water partition coefficient (Wildman–Crippen LogP) is 3.90. The van der Waals surface area contributed by atoms with Crippen molar-refractivity contribution in [1.29, 1.82) is 5.41 Å². The fourth-order valence-corrected chi connectivity index (χ4v) is 3.08. The van der Waals surface area contributed by atoms with Crippen LogP contribution >= 0.6 is 0 Å². The summed E-state index contributed by atoms with van der Waals surface area (Å²) in [5.74, 6) is 2.34. The fourth-order valence-electron chi connectivity index (χ4n) is 3.08. The van der Waals surface area contributed by atoms with Crippen molar-refractivity contribution in [2.45, 2.75) is 40.5 Å². The lowest BCUT2D eigenvalue weighted by atomic mass is 9.64. The third kappa shape index (κ3) is 2.08. The number of rotatable bonds is 2. The van der Waals surface area contributed by atoms with E-state index in [-0.39, 0.29) is 0 Å². The van der Waals surface area contributed by atoms with E-state index >= 15 is 0 Å². The van der Waals surface area contributed by atoms with Crippen LogP contribution in [0.2, 0.25) is 0 Å². The van der Waals surface area contributed by atoms with Crippen LogP contribution in [0.3, 0.4) is 0 Å². The molecule has 0 bridgehead atoms. The van der Waals surface area contributed by atoms with Gasteiger partial charge in [-0.2, -0.15) is 0 Å². The Morgan fingerprint density at radius 2 is 1.50 bits per heavy atom. The Hall–Kier alpha value is -0.590. The number of hydrogen-bond acceptors (Lipinski definition) is 1. The first-order valence-electron chi connectivity index (χ1n) is 5.65. The molecule has 0 aromatic heterocycles. The van der Waals surface area contributed by atoms with Crippen LogP contribution in [0.15, 0.2) is 12.2 Å². The Morgan fingerprint density at radius 3 is 1.79 bits per heavy atom. The molecule has 0 saturated heterocycles. The van der Waals surface area contributed by atoms with Gasteiger partial charge in [0, 0.05) is 11.6 Å². The third-order valence-electron chi connectivity index (χ3n) is 3.76. The van der Waals surface area contributed by atoms with Gasteiger partial charge in [0.1, 0.15) is 0 Å². The van der Waals surface area contributed by atoms with E-state index in [0.29, 0.717) is 23.7 Å². The Balaban J connectivity index is 2.92. The molecule has 4 atom stereocenters. The SMILES string of the molecule is C=C(C)C1C(C(C)=N)[C@H](C)CC[C@@H]1C. The van der Waals surface area contributed by atoms with E-state index in [1.165, 1.54) is 18.4 Å². The zero-order chi connectivity index (χ0) is 10.9. The van der Waals surface area contributed by atoms with Crippen LogP contribution < -0.4 is 0 Å². The molecule has 1 aliphatic rings. The maximum absolute atomic E-state index is 7.89. The summed E-state index contributed by atoms with van der Waals surface area (Å²) in [7, 11) is 0. The van der Waals surface area contributed by atoms with Crippen LogP contribution in [0.25, 0.3) is 0 Å². The first-order chi connectivity index (χ1) is 6.45. The van der Waals surface area contributed by atoms with E-state index in [1.807, 2.05) is 6.92 Å². The van der Waals surface area contributed by atoms with Crippen molar-refractivity contribution in [2.24, 2.45) is 23.7 Å². The van der Waals surface area contributed by atoms with Gasteiger partial charge >= 0.3 is 0 Å². The highest BCUT2D eigenvalue weighted by Gasteiger charge is 2.36. The van der Waals surface area contributed by atoms with Crippen molar-refractivity contribution >= 4 is 5.71 Å². The van der Waals surface area contributed by atoms with Gasteiger partial charge in [-0.15, -0.1) is 0 Å². The Labute approximate surface area is 88.1 Å². The van der Waals surface area contributed by atoms with Gasteiger partial charge in [-0.25, -0.2) is 0 Å². The average Bonchev–Trinajstić information content (AvgIpc) is 2.07. The maximum Gasteiger partial charge on any atom is 0.00978 e. The molecule has 2 unspecified atom stereocenters. The van der Waals surface area contributed by atoms with Crippen molar-refractivity contribution in [2.75, 3.05) is 0 Å². The lowest BCUT2D eigenvalue weighted by molar-refractivity contribution is 0.185. The number of nitrogens with one attached hydrogen (secondary N) is 1. The predicted molar refractivity (Wildman–Crippen MR) is 62.8 cm³/mol. The number of hydrogen-bond donors (Lipinski definition) is 1. The molecule has 0 radical (unpaired) electrons. The van der Waals surface area contributed by atoms with Crippen LogP contribution in [0.1, 0.15) is 40.5 Å². The van der Waals surface area contributed by atoms with Crippen molar-refractivity contribution in [3.63, 3.8) is 0 Å². The van der Waals surface area contributed by atoms with Crippen LogP contribution in [0.4, 0.5) is 0 Å². The van der Waals surface area contributed by atoms with E-state index in [9.17, 15) is 0 Å². The Morgan fingerprint density at radius 1 is 1.07 bits per heavy atom. The van der Waals surface area contributed by atoms with Gasteiger partial charge in [0.2, 0.25) is 0 Å². The van der Waals surface area contributed by atoms with Gasteiger partial charge in [0.15, 0.2) is 0 Å². The maximum atomic E-state index is 7.89. The standard InChI is InChI=1S/C13H23N/c1-8(2)12-9(3)6-7-10(4)13(12)11(5)14/h9-10,12-14H,1,6-7H2,2-5H3/t9-,10+,12?,13?/m0/s1. The molecule has 1 N–H and O–H groups in total. The summed E-state index contributed by atoms with van der Waals surface area (Å²) in [4.78, 5) is 0. The zero-order valence-corrected chi connectivity index (χ0v) is 9.93. The molecule has 0 aliphatic heterocycles. The molecule has 1 rings (SSSR count). The summed E-state index contributed by atoms with van der Waals surface area (Å²) >= 11 is 0. The molecule has 1 nitrogen and oxygen atoms in total. The third-order valence-corrected chi connectivity index (χ3v) is 3.76. The molecular formula is C13H23N. The first kappa shape index (κ1) is 11.5. The van der Waals surface area contributed by atoms with Gasteiger partial charge in [-0.1, -0.05) is 26.0 Å². The van der Waals surface area contributed by atoms with Crippen molar-refractivity contribution in [3.8, 4) is 0 Å². The highest BCUT2D eigenvalue weighted by Crippen LogP contribution is 2.42. The van der Waals surface area contributed by atoms with Gasteiger partial charge in [-0.3, -0.25) is 0 Å². The molecule has 1 fully saturated rings. The Bertz CT molecular complexity index is 216. The summed E-state index contributed by atoms with van der Waals surface area (Å²) in [5.41, 5.74) is 2.11. The average molecular weight is 193 g/mol. The van der Waals surface area contributed by atoms with E-state index < -0.39 is 0 Å².